The molecule has 0 saturated heterocycles. The van der Waals surface area contributed by atoms with Gasteiger partial charge in [-0.25, -0.2) is 0 Å². The van der Waals surface area contributed by atoms with Gasteiger partial charge in [-0.2, -0.15) is 0 Å². The van der Waals surface area contributed by atoms with E-state index in [2.05, 4.69) is 0 Å². The van der Waals surface area contributed by atoms with Crippen molar-refractivity contribution in [1.29, 1.82) is 0 Å². The molecule has 0 atom stereocenters. The molecular weight excluding hydrogens is 292 g/mol. The first kappa shape index (κ1) is 16.9. The van der Waals surface area contributed by atoms with Crippen molar-refractivity contribution in [3.05, 3.63) is 29.3 Å². The highest BCUT2D eigenvalue weighted by molar-refractivity contribution is 7.80. The van der Waals surface area contributed by atoms with Gasteiger partial charge < -0.3 is 21.9 Å². The molecule has 0 heterocycles. The topological polar surface area (TPSA) is 125 Å². The van der Waals surface area contributed by atoms with Gasteiger partial charge >= 0.3 is 0 Å². The molecule has 0 aromatic heterocycles. The number of nitrogens with two attached hydrogens (primary N) is 3. The molecule has 0 spiro atoms. The smallest absolute Gasteiger partial charge is 0.231 e. The number of amides is 2. The minimum Gasteiger partial charge on any atom is -0.496 e. The summed E-state index contributed by atoms with van der Waals surface area (Å²) in [5, 5.41) is 0. The molecule has 2 amide bonds. The summed E-state index contributed by atoms with van der Waals surface area (Å²) in [5.41, 5.74) is 17.3. The van der Waals surface area contributed by atoms with Crippen LogP contribution in [0.3, 0.4) is 0 Å². The lowest BCUT2D eigenvalue weighted by Crippen LogP contribution is -2.39. The number of methoxy groups -OCH3 is 1. The van der Waals surface area contributed by atoms with Crippen molar-refractivity contribution in [3.8, 4) is 5.75 Å². The first-order chi connectivity index (χ1) is 9.83. The number of hydrogen-bond donors (Lipinski definition) is 3. The van der Waals surface area contributed by atoms with Crippen LogP contribution in [-0.2, 0) is 16.1 Å². The van der Waals surface area contributed by atoms with Gasteiger partial charge in [0.1, 0.15) is 10.7 Å². The van der Waals surface area contributed by atoms with Crippen molar-refractivity contribution in [2.24, 2.45) is 17.2 Å². The Balaban J connectivity index is 2.97. The zero-order valence-electron chi connectivity index (χ0n) is 11.7. The number of rotatable bonds is 8. The average Bonchev–Trinajstić information content (AvgIpc) is 2.36. The van der Waals surface area contributed by atoms with Gasteiger partial charge in [0.2, 0.25) is 11.8 Å². The molecule has 1 rings (SSSR count). The van der Waals surface area contributed by atoms with E-state index in [4.69, 9.17) is 34.2 Å². The van der Waals surface area contributed by atoms with Crippen LogP contribution in [0.5, 0.6) is 5.75 Å². The zero-order valence-corrected chi connectivity index (χ0v) is 12.5. The molecule has 114 valence electrons. The third-order valence-electron chi connectivity index (χ3n) is 2.69. The normalized spacial score (nSPS) is 10.4. The first-order valence-electron chi connectivity index (χ1n) is 6.09. The Morgan fingerprint density at radius 3 is 2.19 bits per heavy atom. The minimum absolute atomic E-state index is 0.0720. The van der Waals surface area contributed by atoms with Crippen molar-refractivity contribution in [2.45, 2.75) is 6.54 Å². The maximum atomic E-state index is 11.0. The van der Waals surface area contributed by atoms with Crippen LogP contribution in [0.25, 0.3) is 0 Å². The maximum Gasteiger partial charge on any atom is 0.231 e. The molecule has 8 heteroatoms. The fraction of sp³-hybridized carbons (Fsp3) is 0.308. The van der Waals surface area contributed by atoms with Crippen LogP contribution in [0, 0.1) is 0 Å². The van der Waals surface area contributed by atoms with Gasteiger partial charge in [0, 0.05) is 6.54 Å². The van der Waals surface area contributed by atoms with Gasteiger partial charge in [0.15, 0.2) is 0 Å². The Morgan fingerprint density at radius 1 is 1.19 bits per heavy atom. The predicted molar refractivity (Wildman–Crippen MR) is 82.5 cm³/mol. The molecular formula is C13H18N4O3S. The van der Waals surface area contributed by atoms with Gasteiger partial charge in [0.25, 0.3) is 0 Å². The predicted octanol–water partition coefficient (Wildman–Crippen LogP) is -0.898. The highest BCUT2D eigenvalue weighted by Gasteiger charge is 2.14. The summed E-state index contributed by atoms with van der Waals surface area (Å²) in [5.74, 6) is -0.527. The third kappa shape index (κ3) is 5.36. The minimum atomic E-state index is -0.542. The number of thiocarbonyl (C=S) groups is 1. The summed E-state index contributed by atoms with van der Waals surface area (Å²) in [6.07, 6.45) is 0. The molecule has 6 N–H and O–H groups in total. The van der Waals surface area contributed by atoms with Gasteiger partial charge in [0.05, 0.1) is 25.8 Å². The van der Waals surface area contributed by atoms with Crippen molar-refractivity contribution in [3.63, 3.8) is 0 Å². The lowest BCUT2D eigenvalue weighted by molar-refractivity contribution is -0.122. The van der Waals surface area contributed by atoms with E-state index in [1.165, 1.54) is 12.0 Å². The van der Waals surface area contributed by atoms with E-state index in [-0.39, 0.29) is 18.1 Å². The van der Waals surface area contributed by atoms with Crippen LogP contribution in [0.4, 0.5) is 0 Å². The number of carbonyl (C=O) groups excluding carboxylic acids is 2. The van der Waals surface area contributed by atoms with Crippen LogP contribution in [0.1, 0.15) is 11.1 Å². The van der Waals surface area contributed by atoms with E-state index in [0.717, 1.165) is 5.56 Å². The molecule has 0 fully saturated rings. The molecule has 7 nitrogen and oxygen atoms in total. The quantitative estimate of drug-likeness (QED) is 0.535. The molecule has 1 aromatic rings. The molecule has 0 aliphatic rings. The largest absolute Gasteiger partial charge is 0.496 e. The van der Waals surface area contributed by atoms with Gasteiger partial charge in [-0.05, 0) is 17.7 Å². The summed E-state index contributed by atoms with van der Waals surface area (Å²) in [6, 6.07) is 5.25. The highest BCUT2D eigenvalue weighted by Crippen LogP contribution is 2.20. The lowest BCUT2D eigenvalue weighted by atomic mass is 10.1. The van der Waals surface area contributed by atoms with Crippen molar-refractivity contribution >= 4 is 29.0 Å². The number of nitrogens with zero attached hydrogens (tertiary/aromatic N) is 1. The summed E-state index contributed by atoms with van der Waals surface area (Å²) in [6.45, 7) is 0.167. The van der Waals surface area contributed by atoms with Crippen molar-refractivity contribution in [1.82, 2.24) is 4.90 Å². The van der Waals surface area contributed by atoms with E-state index in [1.807, 2.05) is 0 Å². The SMILES string of the molecule is COc1ccc(CN(CC(N)=O)CC(N)=O)cc1C(N)=S. The van der Waals surface area contributed by atoms with Crippen LogP contribution in [-0.4, -0.2) is 41.9 Å². The molecule has 0 aliphatic heterocycles. The number of benzene rings is 1. The van der Waals surface area contributed by atoms with E-state index in [9.17, 15) is 9.59 Å². The van der Waals surface area contributed by atoms with Crippen LogP contribution >= 0.6 is 12.2 Å². The highest BCUT2D eigenvalue weighted by atomic mass is 32.1. The Morgan fingerprint density at radius 2 is 1.76 bits per heavy atom. The standard InChI is InChI=1S/C13H18N4O3S/c1-20-10-3-2-8(4-9(10)13(16)21)5-17(6-11(14)18)7-12(15)19/h2-4H,5-7H2,1H3,(H2,14,18)(H2,15,19)(H2,16,21). The van der Waals surface area contributed by atoms with Crippen LogP contribution in [0.15, 0.2) is 18.2 Å². The molecule has 0 radical (unpaired) electrons. The number of ether oxygens (including phenoxy) is 1. The molecule has 1 aromatic carbocycles. The van der Waals surface area contributed by atoms with Gasteiger partial charge in [-0.1, -0.05) is 18.3 Å². The number of hydrogen-bond acceptors (Lipinski definition) is 5. The Bertz CT molecular complexity index is 546. The van der Waals surface area contributed by atoms with Gasteiger partial charge in [-0.15, -0.1) is 0 Å². The van der Waals surface area contributed by atoms with E-state index in [1.54, 1.807) is 18.2 Å². The summed E-state index contributed by atoms with van der Waals surface area (Å²) in [4.78, 5) is 23.8. The second-order valence-corrected chi connectivity index (χ2v) is 4.92. The Labute approximate surface area is 128 Å². The molecule has 0 aliphatic carbocycles. The van der Waals surface area contributed by atoms with E-state index in [0.29, 0.717) is 17.9 Å². The fourth-order valence-corrected chi connectivity index (χ4v) is 2.07. The maximum absolute atomic E-state index is 11.0. The lowest BCUT2D eigenvalue weighted by Gasteiger charge is -2.19. The number of primary amides is 2. The van der Waals surface area contributed by atoms with Crippen molar-refractivity contribution < 1.29 is 14.3 Å². The van der Waals surface area contributed by atoms with E-state index < -0.39 is 11.8 Å². The monoisotopic (exact) mass is 310 g/mol. The average molecular weight is 310 g/mol. The third-order valence-corrected chi connectivity index (χ3v) is 2.91. The van der Waals surface area contributed by atoms with E-state index >= 15 is 0 Å². The second-order valence-electron chi connectivity index (χ2n) is 4.48. The zero-order chi connectivity index (χ0) is 16.0. The molecule has 0 unspecified atom stereocenters. The molecule has 21 heavy (non-hydrogen) atoms. The van der Waals surface area contributed by atoms with Crippen LogP contribution in [0.2, 0.25) is 0 Å². The molecule has 0 bridgehead atoms. The second kappa shape index (κ2) is 7.55. The Kier molecular flexibility index (Phi) is 6.07. The summed E-state index contributed by atoms with van der Waals surface area (Å²) < 4.78 is 5.17. The van der Waals surface area contributed by atoms with Crippen molar-refractivity contribution in [2.75, 3.05) is 20.2 Å². The van der Waals surface area contributed by atoms with Crippen LogP contribution < -0.4 is 21.9 Å². The first-order valence-corrected chi connectivity index (χ1v) is 6.50. The fourth-order valence-electron chi connectivity index (χ4n) is 1.91. The summed E-state index contributed by atoms with van der Waals surface area (Å²) >= 11 is 4.96. The Hall–Kier alpha value is -2.19. The van der Waals surface area contributed by atoms with Gasteiger partial charge in [-0.3, -0.25) is 14.5 Å². The number of carbonyl (C=O) groups is 2. The summed E-state index contributed by atoms with van der Waals surface area (Å²) in [7, 11) is 1.52. The molecule has 0 saturated carbocycles.